The molecule has 9 heteroatoms. The summed E-state index contributed by atoms with van der Waals surface area (Å²) < 4.78 is 34.7. The van der Waals surface area contributed by atoms with Crippen molar-refractivity contribution in [2.75, 3.05) is 20.8 Å². The van der Waals surface area contributed by atoms with Crippen LogP contribution in [0.5, 0.6) is 5.75 Å². The van der Waals surface area contributed by atoms with Crippen LogP contribution in [0.2, 0.25) is 0 Å². The molecule has 1 aromatic heterocycles. The first kappa shape index (κ1) is 25.4. The fraction of sp³-hybridized carbons (Fsp3) is 0.222. The van der Waals surface area contributed by atoms with Crippen molar-refractivity contribution < 1.29 is 23.1 Å². The first-order valence-corrected chi connectivity index (χ1v) is 13.0. The van der Waals surface area contributed by atoms with Gasteiger partial charge in [0.25, 0.3) is 5.91 Å². The van der Waals surface area contributed by atoms with E-state index in [9.17, 15) is 18.3 Å². The van der Waals surface area contributed by atoms with Crippen LogP contribution in [0.3, 0.4) is 0 Å². The Bertz CT molecular complexity index is 1460. The van der Waals surface area contributed by atoms with Gasteiger partial charge in [0.15, 0.2) is 0 Å². The minimum absolute atomic E-state index is 0.00172. The second-order valence-corrected chi connectivity index (χ2v) is 10.2. The van der Waals surface area contributed by atoms with E-state index in [1.807, 2.05) is 42.6 Å². The number of amides is 1. The fourth-order valence-electron chi connectivity index (χ4n) is 4.19. The Labute approximate surface area is 210 Å². The van der Waals surface area contributed by atoms with Crippen LogP contribution in [-0.2, 0) is 22.9 Å². The largest absolute Gasteiger partial charge is 0.495 e. The van der Waals surface area contributed by atoms with Gasteiger partial charge in [-0.3, -0.25) is 4.79 Å². The Balaban J connectivity index is 1.55. The Kier molecular flexibility index (Phi) is 7.73. The minimum atomic E-state index is -4.01. The molecular weight excluding hydrogens is 478 g/mol. The topological polar surface area (TPSA) is 121 Å². The van der Waals surface area contributed by atoms with Crippen molar-refractivity contribution in [2.24, 2.45) is 0 Å². The average molecular weight is 508 g/mol. The van der Waals surface area contributed by atoms with Crippen LogP contribution in [0, 0.1) is 0 Å². The summed E-state index contributed by atoms with van der Waals surface area (Å²) in [5, 5.41) is 13.5. The van der Waals surface area contributed by atoms with Crippen LogP contribution in [0.15, 0.2) is 77.8 Å². The molecular formula is C27H29N3O5S. The first-order valence-electron chi connectivity index (χ1n) is 11.5. The zero-order chi connectivity index (χ0) is 25.7. The predicted molar refractivity (Wildman–Crippen MR) is 139 cm³/mol. The molecule has 188 valence electrons. The summed E-state index contributed by atoms with van der Waals surface area (Å²) in [7, 11) is -1.01. The quantitative estimate of drug-likeness (QED) is 0.263. The molecule has 0 saturated carbocycles. The number of nitrogens with one attached hydrogen (secondary N) is 3. The molecule has 0 spiro atoms. The molecule has 1 amide bonds. The number of H-pyrrole nitrogens is 1. The zero-order valence-corrected chi connectivity index (χ0v) is 20.9. The van der Waals surface area contributed by atoms with Gasteiger partial charge in [-0.15, -0.1) is 0 Å². The first-order chi connectivity index (χ1) is 17.3. The lowest BCUT2D eigenvalue weighted by atomic mass is 10.0. The van der Waals surface area contributed by atoms with Gasteiger partial charge in [-0.05, 0) is 59.9 Å². The highest BCUT2D eigenvalue weighted by Gasteiger charge is 2.25. The number of benzene rings is 3. The lowest BCUT2D eigenvalue weighted by Gasteiger charge is -2.18. The summed E-state index contributed by atoms with van der Waals surface area (Å²) in [6.07, 6.45) is 2.62. The third kappa shape index (κ3) is 5.59. The molecule has 0 fully saturated rings. The predicted octanol–water partition coefficient (Wildman–Crippen LogP) is 3.01. The van der Waals surface area contributed by atoms with Gasteiger partial charge in [0.05, 0.1) is 13.7 Å². The Morgan fingerprint density at radius 1 is 1.06 bits per heavy atom. The molecule has 3 aromatic carbocycles. The number of aliphatic hydroxyl groups is 1. The Hall–Kier alpha value is -3.66. The second-order valence-electron chi connectivity index (χ2n) is 8.50. The third-order valence-electron chi connectivity index (χ3n) is 6.05. The van der Waals surface area contributed by atoms with E-state index in [-0.39, 0.29) is 23.2 Å². The number of hydrogen-bond acceptors (Lipinski definition) is 5. The molecule has 1 heterocycles. The molecule has 0 bridgehead atoms. The molecule has 4 aromatic rings. The summed E-state index contributed by atoms with van der Waals surface area (Å²) >= 11 is 0. The van der Waals surface area contributed by atoms with Crippen molar-refractivity contribution in [2.45, 2.75) is 23.8 Å². The molecule has 0 saturated heterocycles. The van der Waals surface area contributed by atoms with Gasteiger partial charge in [-0.2, -0.15) is 0 Å². The van der Waals surface area contributed by atoms with Gasteiger partial charge < -0.3 is 20.1 Å². The van der Waals surface area contributed by atoms with E-state index in [0.29, 0.717) is 18.4 Å². The molecule has 0 unspecified atom stereocenters. The van der Waals surface area contributed by atoms with E-state index in [4.69, 9.17) is 4.74 Å². The summed E-state index contributed by atoms with van der Waals surface area (Å²) in [5.74, 6) is 0.0431. The molecule has 4 rings (SSSR count). The number of sulfonamides is 1. The van der Waals surface area contributed by atoms with Crippen molar-refractivity contribution in [1.29, 1.82) is 0 Å². The number of aromatic nitrogens is 1. The van der Waals surface area contributed by atoms with Crippen molar-refractivity contribution in [3.05, 3.63) is 95.2 Å². The zero-order valence-electron chi connectivity index (χ0n) is 20.1. The minimum Gasteiger partial charge on any atom is -0.495 e. The lowest BCUT2D eigenvalue weighted by molar-refractivity contribution is 0.0963. The maximum absolute atomic E-state index is 13.4. The standard InChI is InChI=1S/C27H29N3O5S/c1-28-27(32)20-10-7-18(8-11-20)13-19-9-12-25(35-2)26(14-19)36(33,34)30-22(17-31)15-21-16-29-24-6-4-3-5-23(21)24/h3-12,14,16,22,29-31H,13,15,17H2,1-2H3,(H,28,32)/t22-/m1/s1. The molecule has 0 aliphatic carbocycles. The number of methoxy groups -OCH3 is 1. The van der Waals surface area contributed by atoms with Gasteiger partial charge in [0.2, 0.25) is 10.0 Å². The SMILES string of the molecule is CNC(=O)c1ccc(Cc2ccc(OC)c(S(=O)(=O)N[C@@H](CO)Cc3c[nH]c4ccccc34)c2)cc1. The summed E-state index contributed by atoms with van der Waals surface area (Å²) in [4.78, 5) is 14.9. The molecule has 0 aliphatic rings. The summed E-state index contributed by atoms with van der Waals surface area (Å²) in [6, 6.07) is 19.2. The summed E-state index contributed by atoms with van der Waals surface area (Å²) in [5.41, 5.74) is 4.10. The van der Waals surface area contributed by atoms with E-state index in [0.717, 1.165) is 27.6 Å². The molecule has 0 aliphatic heterocycles. The lowest BCUT2D eigenvalue weighted by Crippen LogP contribution is -2.39. The van der Waals surface area contributed by atoms with Crippen LogP contribution < -0.4 is 14.8 Å². The van der Waals surface area contributed by atoms with Crippen molar-refractivity contribution in [1.82, 2.24) is 15.0 Å². The number of aliphatic hydroxyl groups excluding tert-OH is 1. The molecule has 8 nitrogen and oxygen atoms in total. The Morgan fingerprint density at radius 2 is 1.78 bits per heavy atom. The number of hydrogen-bond donors (Lipinski definition) is 4. The molecule has 1 atom stereocenters. The molecule has 36 heavy (non-hydrogen) atoms. The number of carbonyl (C=O) groups excluding carboxylic acids is 1. The van der Waals surface area contributed by atoms with Gasteiger partial charge in [-0.1, -0.05) is 36.4 Å². The van der Waals surface area contributed by atoms with Gasteiger partial charge in [0, 0.05) is 35.8 Å². The number of fused-ring (bicyclic) bond motifs is 1. The number of carbonyl (C=O) groups is 1. The highest BCUT2D eigenvalue weighted by Crippen LogP contribution is 2.27. The van der Waals surface area contributed by atoms with E-state index in [1.165, 1.54) is 7.11 Å². The van der Waals surface area contributed by atoms with Crippen LogP contribution >= 0.6 is 0 Å². The smallest absolute Gasteiger partial charge is 0.251 e. The van der Waals surface area contributed by atoms with Crippen LogP contribution in [0.1, 0.15) is 27.0 Å². The van der Waals surface area contributed by atoms with E-state index < -0.39 is 16.1 Å². The van der Waals surface area contributed by atoms with Crippen LogP contribution in [0.25, 0.3) is 10.9 Å². The third-order valence-corrected chi connectivity index (χ3v) is 7.59. The fourth-order valence-corrected chi connectivity index (χ4v) is 5.63. The van der Waals surface area contributed by atoms with Crippen molar-refractivity contribution in [3.63, 3.8) is 0 Å². The maximum Gasteiger partial charge on any atom is 0.251 e. The van der Waals surface area contributed by atoms with Crippen LogP contribution in [-0.4, -0.2) is 51.2 Å². The maximum atomic E-state index is 13.4. The van der Waals surface area contributed by atoms with Gasteiger partial charge in [-0.25, -0.2) is 13.1 Å². The number of rotatable bonds is 10. The van der Waals surface area contributed by atoms with E-state index >= 15 is 0 Å². The van der Waals surface area contributed by atoms with Crippen molar-refractivity contribution in [3.8, 4) is 5.75 Å². The van der Waals surface area contributed by atoms with Crippen molar-refractivity contribution >= 4 is 26.8 Å². The number of aromatic amines is 1. The molecule has 4 N–H and O–H groups in total. The highest BCUT2D eigenvalue weighted by atomic mass is 32.2. The Morgan fingerprint density at radius 3 is 2.47 bits per heavy atom. The average Bonchev–Trinajstić information content (AvgIpc) is 3.30. The van der Waals surface area contributed by atoms with Gasteiger partial charge >= 0.3 is 0 Å². The summed E-state index contributed by atoms with van der Waals surface area (Å²) in [6.45, 7) is -0.363. The van der Waals surface area contributed by atoms with E-state index in [2.05, 4.69) is 15.0 Å². The second kappa shape index (κ2) is 10.9. The number of para-hydroxylation sites is 1. The monoisotopic (exact) mass is 507 g/mol. The van der Waals surface area contributed by atoms with E-state index in [1.54, 1.807) is 37.4 Å². The normalized spacial score (nSPS) is 12.4. The number of ether oxygens (including phenoxy) is 1. The van der Waals surface area contributed by atoms with Gasteiger partial charge in [0.1, 0.15) is 10.6 Å². The molecule has 0 radical (unpaired) electrons. The van der Waals surface area contributed by atoms with Crippen LogP contribution in [0.4, 0.5) is 0 Å². The highest BCUT2D eigenvalue weighted by molar-refractivity contribution is 7.89.